The van der Waals surface area contributed by atoms with Gasteiger partial charge in [-0.05, 0) is 74.5 Å². The summed E-state index contributed by atoms with van der Waals surface area (Å²) in [6.07, 6.45) is 0. The topological polar surface area (TPSA) is 139 Å². The molecule has 5 amide bonds. The number of para-hydroxylation sites is 4. The van der Waals surface area contributed by atoms with Crippen LogP contribution >= 0.6 is 0 Å². The van der Waals surface area contributed by atoms with E-state index in [1.54, 1.807) is 98.8 Å². The number of hydrogen-bond acceptors (Lipinski definition) is 5. The van der Waals surface area contributed by atoms with E-state index in [0.29, 0.717) is 28.4 Å². The van der Waals surface area contributed by atoms with Crippen LogP contribution in [-0.2, 0) is 14.4 Å². The van der Waals surface area contributed by atoms with Gasteiger partial charge in [0.25, 0.3) is 11.8 Å². The van der Waals surface area contributed by atoms with Crippen molar-refractivity contribution in [3.8, 4) is 0 Å². The first-order valence-corrected chi connectivity index (χ1v) is 14.2. The van der Waals surface area contributed by atoms with Gasteiger partial charge in [-0.1, -0.05) is 48.5 Å². The molecular weight excluding hydrogens is 574 g/mol. The Kier molecular flexibility index (Phi) is 8.89. The number of nitrogens with zero attached hydrogens (tertiary/aromatic N) is 3. The fourth-order valence-electron chi connectivity index (χ4n) is 5.17. The Morgan fingerprint density at radius 2 is 1.36 bits per heavy atom. The number of carboxylic acids is 1. The zero-order valence-corrected chi connectivity index (χ0v) is 24.6. The minimum Gasteiger partial charge on any atom is -0.478 e. The van der Waals surface area contributed by atoms with E-state index in [1.165, 1.54) is 39.0 Å². The van der Waals surface area contributed by atoms with Crippen LogP contribution in [0.1, 0.15) is 24.2 Å². The van der Waals surface area contributed by atoms with Crippen LogP contribution in [0.25, 0.3) is 0 Å². The average molecular weight is 606 g/mol. The van der Waals surface area contributed by atoms with Gasteiger partial charge in [0.1, 0.15) is 6.54 Å². The second kappa shape index (κ2) is 13.1. The second-order valence-electron chi connectivity index (χ2n) is 10.5. The lowest BCUT2D eigenvalue weighted by Gasteiger charge is -2.31. The van der Waals surface area contributed by atoms with Crippen molar-refractivity contribution in [1.82, 2.24) is 5.32 Å². The molecule has 0 spiro atoms. The summed E-state index contributed by atoms with van der Waals surface area (Å²) < 4.78 is 0. The van der Waals surface area contributed by atoms with Gasteiger partial charge >= 0.3 is 12.0 Å². The molecule has 0 saturated carbocycles. The molecule has 0 fully saturated rings. The molecule has 11 nitrogen and oxygen atoms in total. The summed E-state index contributed by atoms with van der Waals surface area (Å²) >= 11 is 0. The maximum Gasteiger partial charge on any atom is 0.335 e. The zero-order valence-electron chi connectivity index (χ0n) is 24.6. The molecule has 4 aromatic rings. The SMILES string of the molecule is CC(C)N(C(=O)CN1C(=O)C(NC(=O)Nc2ccccc2)C(=O)N(c2ccccc2)c2ccccc21)c1ccc(C(=O)O)cc1. The summed E-state index contributed by atoms with van der Waals surface area (Å²) in [5.41, 5.74) is 2.08. The van der Waals surface area contributed by atoms with Crippen LogP contribution < -0.4 is 25.3 Å². The summed E-state index contributed by atoms with van der Waals surface area (Å²) in [5, 5.41) is 14.5. The first kappa shape index (κ1) is 30.5. The number of urea groups is 1. The quantitative estimate of drug-likeness (QED) is 0.241. The van der Waals surface area contributed by atoms with Crippen molar-refractivity contribution in [1.29, 1.82) is 0 Å². The molecule has 1 aliphatic rings. The van der Waals surface area contributed by atoms with Crippen molar-refractivity contribution in [2.24, 2.45) is 0 Å². The highest BCUT2D eigenvalue weighted by atomic mass is 16.4. The number of fused-ring (bicyclic) bond motifs is 1. The number of carbonyl (C=O) groups is 5. The molecule has 228 valence electrons. The monoisotopic (exact) mass is 605 g/mol. The average Bonchev–Trinajstić information content (AvgIpc) is 3.11. The number of aromatic carboxylic acids is 1. The first-order chi connectivity index (χ1) is 21.7. The molecule has 1 aliphatic heterocycles. The number of carboxylic acid groups (broad SMARTS) is 1. The van der Waals surface area contributed by atoms with Crippen molar-refractivity contribution >= 4 is 58.2 Å². The van der Waals surface area contributed by atoms with E-state index in [1.807, 2.05) is 0 Å². The summed E-state index contributed by atoms with van der Waals surface area (Å²) in [4.78, 5) is 70.9. The molecule has 0 aromatic heterocycles. The van der Waals surface area contributed by atoms with Crippen LogP contribution in [0.5, 0.6) is 0 Å². The largest absolute Gasteiger partial charge is 0.478 e. The van der Waals surface area contributed by atoms with Gasteiger partial charge in [0, 0.05) is 23.1 Å². The van der Waals surface area contributed by atoms with Gasteiger partial charge in [0.2, 0.25) is 5.91 Å². The Hall–Kier alpha value is -5.97. The molecule has 0 bridgehead atoms. The summed E-state index contributed by atoms with van der Waals surface area (Å²) in [5.74, 6) is -3.09. The molecule has 0 radical (unpaired) electrons. The van der Waals surface area contributed by atoms with E-state index >= 15 is 0 Å². The third-order valence-electron chi connectivity index (χ3n) is 7.19. The molecule has 11 heteroatoms. The zero-order chi connectivity index (χ0) is 32.1. The van der Waals surface area contributed by atoms with Crippen LogP contribution in [0, 0.1) is 0 Å². The lowest BCUT2D eigenvalue weighted by molar-refractivity contribution is -0.129. The molecule has 0 saturated heterocycles. The molecule has 0 aliphatic carbocycles. The molecule has 1 heterocycles. The van der Waals surface area contributed by atoms with Crippen LogP contribution in [0.2, 0.25) is 0 Å². The number of benzene rings is 4. The molecular formula is C34H31N5O6. The van der Waals surface area contributed by atoms with Crippen LogP contribution in [-0.4, -0.2) is 53.5 Å². The molecule has 1 atom stereocenters. The maximum absolute atomic E-state index is 14.3. The first-order valence-electron chi connectivity index (χ1n) is 14.2. The van der Waals surface area contributed by atoms with E-state index in [4.69, 9.17) is 0 Å². The summed E-state index contributed by atoms with van der Waals surface area (Å²) in [7, 11) is 0. The number of carbonyl (C=O) groups excluding carboxylic acids is 4. The van der Waals surface area contributed by atoms with Gasteiger partial charge in [-0.2, -0.15) is 0 Å². The Bertz CT molecular complexity index is 1730. The third-order valence-corrected chi connectivity index (χ3v) is 7.19. The predicted octanol–water partition coefficient (Wildman–Crippen LogP) is 5.03. The molecule has 4 aromatic carbocycles. The summed E-state index contributed by atoms with van der Waals surface area (Å²) in [6.45, 7) is 3.11. The molecule has 45 heavy (non-hydrogen) atoms. The highest BCUT2D eigenvalue weighted by Crippen LogP contribution is 2.38. The van der Waals surface area contributed by atoms with Crippen molar-refractivity contribution in [2.75, 3.05) is 26.6 Å². The van der Waals surface area contributed by atoms with Crippen molar-refractivity contribution < 1.29 is 29.1 Å². The lowest BCUT2D eigenvalue weighted by atomic mass is 10.1. The number of anilines is 5. The minimum atomic E-state index is -1.68. The molecule has 1 unspecified atom stereocenters. The normalized spacial score (nSPS) is 14.4. The van der Waals surface area contributed by atoms with Crippen LogP contribution in [0.4, 0.5) is 33.2 Å². The predicted molar refractivity (Wildman–Crippen MR) is 171 cm³/mol. The Labute approximate surface area is 259 Å². The minimum absolute atomic E-state index is 0.0636. The Morgan fingerprint density at radius 3 is 1.96 bits per heavy atom. The smallest absolute Gasteiger partial charge is 0.335 e. The van der Waals surface area contributed by atoms with Crippen LogP contribution in [0.3, 0.4) is 0 Å². The maximum atomic E-state index is 14.3. The van der Waals surface area contributed by atoms with E-state index < -0.39 is 42.3 Å². The Balaban J connectivity index is 1.54. The fraction of sp³-hybridized carbons (Fsp3) is 0.147. The van der Waals surface area contributed by atoms with Crippen molar-refractivity contribution in [2.45, 2.75) is 25.9 Å². The Morgan fingerprint density at radius 1 is 0.778 bits per heavy atom. The molecule has 3 N–H and O–H groups in total. The van der Waals surface area contributed by atoms with Gasteiger partial charge in [0.05, 0.1) is 16.9 Å². The van der Waals surface area contributed by atoms with E-state index in [0.717, 1.165) is 0 Å². The van der Waals surface area contributed by atoms with Gasteiger partial charge < -0.3 is 20.6 Å². The van der Waals surface area contributed by atoms with Gasteiger partial charge in [-0.15, -0.1) is 0 Å². The third kappa shape index (κ3) is 6.52. The highest BCUT2D eigenvalue weighted by molar-refractivity contribution is 6.25. The van der Waals surface area contributed by atoms with E-state index in [9.17, 15) is 29.1 Å². The lowest BCUT2D eigenvalue weighted by Crippen LogP contribution is -2.57. The van der Waals surface area contributed by atoms with E-state index in [2.05, 4.69) is 10.6 Å². The highest BCUT2D eigenvalue weighted by Gasteiger charge is 2.43. The van der Waals surface area contributed by atoms with Gasteiger partial charge in [-0.25, -0.2) is 9.59 Å². The van der Waals surface area contributed by atoms with E-state index in [-0.39, 0.29) is 11.6 Å². The molecule has 5 rings (SSSR count). The second-order valence-corrected chi connectivity index (χ2v) is 10.5. The van der Waals surface area contributed by atoms with Crippen molar-refractivity contribution in [3.05, 3.63) is 115 Å². The standard InChI is InChI=1S/C34H31N5O6/c1-22(2)38(26-19-17-23(18-20-26)33(43)44)29(40)21-37-27-15-9-10-16-28(27)39(25-13-7-4-8-14-25)32(42)30(31(37)41)36-34(45)35-24-11-5-3-6-12-24/h3-20,22,30H,21H2,1-2H3,(H,43,44)(H2,35,36,45). The number of rotatable bonds is 8. The van der Waals surface area contributed by atoms with Gasteiger partial charge in [0.15, 0.2) is 6.04 Å². The summed E-state index contributed by atoms with van der Waals surface area (Å²) in [6, 6.07) is 27.0. The number of hydrogen-bond donors (Lipinski definition) is 3. The number of amides is 5. The number of nitrogens with one attached hydrogen (secondary N) is 2. The van der Waals surface area contributed by atoms with Crippen LogP contribution in [0.15, 0.2) is 109 Å². The van der Waals surface area contributed by atoms with Gasteiger partial charge in [-0.3, -0.25) is 24.2 Å². The fourth-order valence-corrected chi connectivity index (χ4v) is 5.17. The van der Waals surface area contributed by atoms with Crippen molar-refractivity contribution in [3.63, 3.8) is 0 Å².